The smallest absolute Gasteiger partial charge is 0.261 e. The van der Waals surface area contributed by atoms with E-state index in [1.165, 1.54) is 0 Å². The average molecular weight is 210 g/mol. The summed E-state index contributed by atoms with van der Waals surface area (Å²) in [6.07, 6.45) is 1.66. The molecule has 0 rings (SSSR count). The van der Waals surface area contributed by atoms with Gasteiger partial charge in [0.25, 0.3) is 5.91 Å². The molecule has 0 aromatic rings. The van der Waals surface area contributed by atoms with E-state index in [2.05, 4.69) is 5.32 Å². The van der Waals surface area contributed by atoms with Crippen molar-refractivity contribution < 1.29 is 9.53 Å². The molecule has 0 bridgehead atoms. The number of hydrogen-bond donors (Lipinski definition) is 1. The van der Waals surface area contributed by atoms with E-state index in [-0.39, 0.29) is 16.9 Å². The van der Waals surface area contributed by atoms with Gasteiger partial charge in [-0.2, -0.15) is 5.26 Å². The summed E-state index contributed by atoms with van der Waals surface area (Å²) in [6.45, 7) is 6.67. The molecule has 0 unspecified atom stereocenters. The van der Waals surface area contributed by atoms with Crippen molar-refractivity contribution in [3.05, 3.63) is 11.6 Å². The zero-order valence-corrected chi connectivity index (χ0v) is 9.76. The van der Waals surface area contributed by atoms with Crippen LogP contribution in [0, 0.1) is 16.7 Å². The van der Waals surface area contributed by atoms with Crippen LogP contribution in [0.2, 0.25) is 0 Å². The van der Waals surface area contributed by atoms with Gasteiger partial charge >= 0.3 is 0 Å². The second-order valence-electron chi connectivity index (χ2n) is 4.28. The van der Waals surface area contributed by atoms with Gasteiger partial charge in [-0.1, -0.05) is 26.8 Å². The first-order valence-electron chi connectivity index (χ1n) is 4.81. The Kier molecular flexibility index (Phi) is 5.65. The fourth-order valence-electron chi connectivity index (χ4n) is 0.943. The Balaban J connectivity index is 4.38. The van der Waals surface area contributed by atoms with Crippen LogP contribution < -0.4 is 5.32 Å². The third-order valence-corrected chi connectivity index (χ3v) is 1.53. The van der Waals surface area contributed by atoms with E-state index in [9.17, 15) is 4.79 Å². The van der Waals surface area contributed by atoms with E-state index >= 15 is 0 Å². The lowest BCUT2D eigenvalue weighted by atomic mass is 9.93. The number of carbonyl (C=O) groups is 1. The highest BCUT2D eigenvalue weighted by atomic mass is 16.5. The van der Waals surface area contributed by atoms with Crippen molar-refractivity contribution in [1.82, 2.24) is 5.32 Å². The van der Waals surface area contributed by atoms with E-state index in [1.54, 1.807) is 13.2 Å². The van der Waals surface area contributed by atoms with E-state index in [0.29, 0.717) is 13.2 Å². The maximum atomic E-state index is 11.5. The molecule has 1 N–H and O–H groups in total. The van der Waals surface area contributed by atoms with Crippen molar-refractivity contribution in [2.45, 2.75) is 20.8 Å². The Labute approximate surface area is 90.9 Å². The summed E-state index contributed by atoms with van der Waals surface area (Å²) in [5.74, 6) is -0.343. The summed E-state index contributed by atoms with van der Waals surface area (Å²) in [5, 5.41) is 11.4. The number of carbonyl (C=O) groups excluding carboxylic acids is 1. The standard InChI is InChI=1S/C11H18N2O2/c1-11(2,3)7-9(8-12)10(14)13-5-6-15-4/h7H,5-6H2,1-4H3,(H,13,14)/b9-7+. The molecule has 0 saturated carbocycles. The van der Waals surface area contributed by atoms with Gasteiger partial charge in [0.1, 0.15) is 11.6 Å². The van der Waals surface area contributed by atoms with Crippen LogP contribution in [0.25, 0.3) is 0 Å². The molecule has 1 amide bonds. The second-order valence-corrected chi connectivity index (χ2v) is 4.28. The van der Waals surface area contributed by atoms with E-state index in [1.807, 2.05) is 26.8 Å². The first-order chi connectivity index (χ1) is 6.90. The summed E-state index contributed by atoms with van der Waals surface area (Å²) < 4.78 is 4.79. The SMILES string of the molecule is COCCNC(=O)/C(C#N)=C/C(C)(C)C. The van der Waals surface area contributed by atoms with E-state index in [4.69, 9.17) is 10.00 Å². The van der Waals surface area contributed by atoms with Crippen molar-refractivity contribution in [3.63, 3.8) is 0 Å². The third-order valence-electron chi connectivity index (χ3n) is 1.53. The number of methoxy groups -OCH3 is 1. The number of nitrogens with zero attached hydrogens (tertiary/aromatic N) is 1. The highest BCUT2D eigenvalue weighted by Crippen LogP contribution is 2.17. The van der Waals surface area contributed by atoms with Crippen LogP contribution in [-0.4, -0.2) is 26.2 Å². The average Bonchev–Trinajstić information content (AvgIpc) is 2.13. The third kappa shape index (κ3) is 6.69. The van der Waals surface area contributed by atoms with Crippen LogP contribution in [0.1, 0.15) is 20.8 Å². The van der Waals surface area contributed by atoms with Crippen LogP contribution in [-0.2, 0) is 9.53 Å². The van der Waals surface area contributed by atoms with Gasteiger partial charge in [0.15, 0.2) is 0 Å². The number of allylic oxidation sites excluding steroid dienone is 1. The minimum atomic E-state index is -0.343. The molecule has 0 radical (unpaired) electrons. The molecule has 0 spiro atoms. The Hall–Kier alpha value is -1.34. The van der Waals surface area contributed by atoms with Crippen LogP contribution >= 0.6 is 0 Å². The van der Waals surface area contributed by atoms with Gasteiger partial charge in [0.2, 0.25) is 0 Å². The number of nitrogens with one attached hydrogen (secondary N) is 1. The molecular weight excluding hydrogens is 192 g/mol. The first-order valence-corrected chi connectivity index (χ1v) is 4.81. The van der Waals surface area contributed by atoms with Gasteiger partial charge in [-0.3, -0.25) is 4.79 Å². The number of amides is 1. The van der Waals surface area contributed by atoms with E-state index in [0.717, 1.165) is 0 Å². The van der Waals surface area contributed by atoms with Gasteiger partial charge in [0, 0.05) is 13.7 Å². The molecule has 15 heavy (non-hydrogen) atoms. The summed E-state index contributed by atoms with van der Waals surface area (Å²) >= 11 is 0. The highest BCUT2D eigenvalue weighted by Gasteiger charge is 2.13. The lowest BCUT2D eigenvalue weighted by Crippen LogP contribution is -2.28. The van der Waals surface area contributed by atoms with Crippen molar-refractivity contribution in [2.75, 3.05) is 20.3 Å². The maximum absolute atomic E-state index is 11.5. The molecule has 0 aliphatic carbocycles. The van der Waals surface area contributed by atoms with Crippen molar-refractivity contribution >= 4 is 5.91 Å². The number of rotatable bonds is 4. The molecular formula is C11H18N2O2. The van der Waals surface area contributed by atoms with Crippen LogP contribution in [0.3, 0.4) is 0 Å². The molecule has 0 heterocycles. The Morgan fingerprint density at radius 1 is 1.53 bits per heavy atom. The molecule has 4 nitrogen and oxygen atoms in total. The summed E-state index contributed by atoms with van der Waals surface area (Å²) in [6, 6.07) is 1.89. The quantitative estimate of drug-likeness (QED) is 0.431. The lowest BCUT2D eigenvalue weighted by molar-refractivity contribution is -0.117. The Morgan fingerprint density at radius 3 is 2.53 bits per heavy atom. The van der Waals surface area contributed by atoms with Gasteiger partial charge in [-0.05, 0) is 5.41 Å². The molecule has 84 valence electrons. The monoisotopic (exact) mass is 210 g/mol. The molecule has 0 saturated heterocycles. The van der Waals surface area contributed by atoms with Crippen LogP contribution in [0.15, 0.2) is 11.6 Å². The fourth-order valence-corrected chi connectivity index (χ4v) is 0.943. The maximum Gasteiger partial charge on any atom is 0.261 e. The largest absolute Gasteiger partial charge is 0.383 e. The number of ether oxygens (including phenoxy) is 1. The predicted octanol–water partition coefficient (Wildman–Crippen LogP) is 1.25. The van der Waals surface area contributed by atoms with Crippen LogP contribution in [0.4, 0.5) is 0 Å². The van der Waals surface area contributed by atoms with E-state index < -0.39 is 0 Å². The number of hydrogen-bond acceptors (Lipinski definition) is 3. The molecule has 0 aliphatic rings. The second kappa shape index (κ2) is 6.20. The lowest BCUT2D eigenvalue weighted by Gasteiger charge is -2.12. The predicted molar refractivity (Wildman–Crippen MR) is 58.0 cm³/mol. The first kappa shape index (κ1) is 13.7. The summed E-state index contributed by atoms with van der Waals surface area (Å²) in [4.78, 5) is 11.5. The molecule has 0 fully saturated rings. The van der Waals surface area contributed by atoms with Gasteiger partial charge in [-0.15, -0.1) is 0 Å². The van der Waals surface area contributed by atoms with Crippen LogP contribution in [0.5, 0.6) is 0 Å². The Morgan fingerprint density at radius 2 is 2.13 bits per heavy atom. The van der Waals surface area contributed by atoms with Crippen molar-refractivity contribution in [3.8, 4) is 6.07 Å². The summed E-state index contributed by atoms with van der Waals surface area (Å²) in [7, 11) is 1.56. The molecule has 0 atom stereocenters. The van der Waals surface area contributed by atoms with Gasteiger partial charge in [-0.25, -0.2) is 0 Å². The number of nitriles is 1. The molecule has 0 aromatic carbocycles. The van der Waals surface area contributed by atoms with Gasteiger partial charge < -0.3 is 10.1 Å². The zero-order valence-electron chi connectivity index (χ0n) is 9.76. The normalized spacial score (nSPS) is 12.1. The van der Waals surface area contributed by atoms with Gasteiger partial charge in [0.05, 0.1) is 6.61 Å². The topological polar surface area (TPSA) is 62.1 Å². The minimum Gasteiger partial charge on any atom is -0.383 e. The molecule has 0 aliphatic heterocycles. The fraction of sp³-hybridized carbons (Fsp3) is 0.636. The zero-order chi connectivity index (χ0) is 11.9. The minimum absolute atomic E-state index is 0.151. The highest BCUT2D eigenvalue weighted by molar-refractivity contribution is 5.97. The molecule has 4 heteroatoms. The summed E-state index contributed by atoms with van der Waals surface area (Å²) in [5.41, 5.74) is -0.0254. The van der Waals surface area contributed by atoms with Crippen molar-refractivity contribution in [1.29, 1.82) is 5.26 Å². The van der Waals surface area contributed by atoms with Crippen molar-refractivity contribution in [2.24, 2.45) is 5.41 Å². The molecule has 0 aromatic heterocycles. The Bertz CT molecular complexity index is 282.